The fourth-order valence-electron chi connectivity index (χ4n) is 2.97. The summed E-state index contributed by atoms with van der Waals surface area (Å²) in [7, 11) is 0. The van der Waals surface area contributed by atoms with E-state index in [2.05, 4.69) is 13.8 Å². The highest BCUT2D eigenvalue weighted by Crippen LogP contribution is 2.42. The van der Waals surface area contributed by atoms with Crippen molar-refractivity contribution in [1.82, 2.24) is 0 Å². The van der Waals surface area contributed by atoms with E-state index < -0.39 is 5.60 Å². The van der Waals surface area contributed by atoms with Gasteiger partial charge in [-0.05, 0) is 25.2 Å². The molecule has 0 amide bonds. The lowest BCUT2D eigenvalue weighted by Gasteiger charge is -2.40. The van der Waals surface area contributed by atoms with E-state index in [1.54, 1.807) is 0 Å². The lowest BCUT2D eigenvalue weighted by atomic mass is 9.78. The van der Waals surface area contributed by atoms with Crippen LogP contribution in [0, 0.1) is 5.92 Å². The van der Waals surface area contributed by atoms with E-state index in [9.17, 15) is 5.11 Å². The summed E-state index contributed by atoms with van der Waals surface area (Å²) in [6.07, 6.45) is 6.62. The van der Waals surface area contributed by atoms with E-state index in [0.29, 0.717) is 13.2 Å². The predicted molar refractivity (Wildman–Crippen MR) is 66.7 cm³/mol. The van der Waals surface area contributed by atoms with E-state index in [1.165, 1.54) is 6.42 Å². The minimum Gasteiger partial charge on any atom is -0.390 e. The van der Waals surface area contributed by atoms with Gasteiger partial charge in [0.15, 0.2) is 5.79 Å². The second-order valence-electron chi connectivity index (χ2n) is 6.12. The van der Waals surface area contributed by atoms with Crippen LogP contribution in [0.2, 0.25) is 0 Å². The standard InChI is InChI=1S/C14H26O3/c1-12(2)4-3-5-13(15)6-8-14(9-7-13)16-10-11-17-14/h12,15H,3-11H2,1-2H3. The van der Waals surface area contributed by atoms with Gasteiger partial charge in [-0.3, -0.25) is 0 Å². The van der Waals surface area contributed by atoms with E-state index in [-0.39, 0.29) is 5.79 Å². The van der Waals surface area contributed by atoms with Crippen LogP contribution in [0.3, 0.4) is 0 Å². The van der Waals surface area contributed by atoms with Gasteiger partial charge in [0, 0.05) is 12.8 Å². The van der Waals surface area contributed by atoms with Crippen LogP contribution >= 0.6 is 0 Å². The van der Waals surface area contributed by atoms with Crippen LogP contribution in [0.1, 0.15) is 58.8 Å². The average Bonchev–Trinajstić information content (AvgIpc) is 2.72. The Morgan fingerprint density at radius 3 is 2.18 bits per heavy atom. The molecule has 0 aromatic rings. The molecule has 1 spiro atoms. The maximum absolute atomic E-state index is 10.5. The Labute approximate surface area is 104 Å². The highest BCUT2D eigenvalue weighted by molar-refractivity contribution is 4.91. The van der Waals surface area contributed by atoms with Crippen molar-refractivity contribution in [3.05, 3.63) is 0 Å². The molecule has 1 saturated carbocycles. The van der Waals surface area contributed by atoms with Crippen LogP contribution in [0.5, 0.6) is 0 Å². The van der Waals surface area contributed by atoms with Gasteiger partial charge >= 0.3 is 0 Å². The minimum atomic E-state index is -0.463. The highest BCUT2D eigenvalue weighted by atomic mass is 16.7. The molecule has 1 aliphatic carbocycles. The fourth-order valence-corrected chi connectivity index (χ4v) is 2.97. The van der Waals surface area contributed by atoms with Gasteiger partial charge in [-0.25, -0.2) is 0 Å². The zero-order valence-electron chi connectivity index (χ0n) is 11.2. The number of aliphatic hydroxyl groups is 1. The van der Waals surface area contributed by atoms with Crippen molar-refractivity contribution in [1.29, 1.82) is 0 Å². The van der Waals surface area contributed by atoms with Crippen LogP contribution in [0.15, 0.2) is 0 Å². The second-order valence-corrected chi connectivity index (χ2v) is 6.12. The molecule has 0 bridgehead atoms. The summed E-state index contributed by atoms with van der Waals surface area (Å²) in [5.41, 5.74) is -0.463. The molecule has 2 aliphatic rings. The van der Waals surface area contributed by atoms with Crippen LogP contribution in [0.4, 0.5) is 0 Å². The van der Waals surface area contributed by atoms with E-state index in [1.807, 2.05) is 0 Å². The maximum atomic E-state index is 10.5. The molecule has 1 N–H and O–H groups in total. The Morgan fingerprint density at radius 2 is 1.65 bits per heavy atom. The fraction of sp³-hybridized carbons (Fsp3) is 1.00. The van der Waals surface area contributed by atoms with Gasteiger partial charge < -0.3 is 14.6 Å². The Hall–Kier alpha value is -0.120. The lowest BCUT2D eigenvalue weighted by Crippen LogP contribution is -2.43. The number of hydrogen-bond acceptors (Lipinski definition) is 3. The summed E-state index contributed by atoms with van der Waals surface area (Å²) < 4.78 is 11.4. The smallest absolute Gasteiger partial charge is 0.168 e. The minimum absolute atomic E-state index is 0.343. The quantitative estimate of drug-likeness (QED) is 0.824. The molecule has 0 unspecified atom stereocenters. The molecular weight excluding hydrogens is 216 g/mol. The predicted octanol–water partition coefficient (Wildman–Crippen LogP) is 2.86. The van der Waals surface area contributed by atoms with Gasteiger partial charge in [0.2, 0.25) is 0 Å². The van der Waals surface area contributed by atoms with Crippen molar-refractivity contribution in [2.24, 2.45) is 5.92 Å². The van der Waals surface area contributed by atoms with Gasteiger partial charge in [-0.1, -0.05) is 26.7 Å². The van der Waals surface area contributed by atoms with Crippen molar-refractivity contribution in [3.63, 3.8) is 0 Å². The molecule has 0 aromatic heterocycles. The highest BCUT2D eigenvalue weighted by Gasteiger charge is 2.45. The van der Waals surface area contributed by atoms with Crippen LogP contribution < -0.4 is 0 Å². The number of hydrogen-bond donors (Lipinski definition) is 1. The van der Waals surface area contributed by atoms with Crippen LogP contribution in [-0.2, 0) is 9.47 Å². The average molecular weight is 242 g/mol. The summed E-state index contributed by atoms with van der Waals surface area (Å²) >= 11 is 0. The molecule has 0 radical (unpaired) electrons. The van der Waals surface area contributed by atoms with Crippen molar-refractivity contribution in [2.75, 3.05) is 13.2 Å². The first-order valence-electron chi connectivity index (χ1n) is 7.04. The Kier molecular flexibility index (Phi) is 4.11. The first kappa shape index (κ1) is 13.3. The van der Waals surface area contributed by atoms with Gasteiger partial charge in [0.05, 0.1) is 18.8 Å². The summed E-state index contributed by atoms with van der Waals surface area (Å²) in [6.45, 7) is 5.90. The van der Waals surface area contributed by atoms with Crippen molar-refractivity contribution in [3.8, 4) is 0 Å². The molecule has 17 heavy (non-hydrogen) atoms. The van der Waals surface area contributed by atoms with Gasteiger partial charge in [0.25, 0.3) is 0 Å². The number of rotatable bonds is 4. The maximum Gasteiger partial charge on any atom is 0.168 e. The molecule has 1 saturated heterocycles. The molecule has 2 fully saturated rings. The van der Waals surface area contributed by atoms with Crippen molar-refractivity contribution in [2.45, 2.75) is 70.2 Å². The first-order chi connectivity index (χ1) is 8.04. The molecule has 2 rings (SSSR count). The third-order valence-corrected chi connectivity index (χ3v) is 4.18. The summed E-state index contributed by atoms with van der Waals surface area (Å²) in [5, 5.41) is 10.5. The molecule has 0 aromatic carbocycles. The van der Waals surface area contributed by atoms with Crippen molar-refractivity contribution >= 4 is 0 Å². The molecule has 3 heteroatoms. The van der Waals surface area contributed by atoms with E-state index >= 15 is 0 Å². The molecule has 100 valence electrons. The molecule has 1 heterocycles. The summed E-state index contributed by atoms with van der Waals surface area (Å²) in [5.74, 6) is 0.389. The van der Waals surface area contributed by atoms with Gasteiger partial charge in [-0.15, -0.1) is 0 Å². The Morgan fingerprint density at radius 1 is 1.06 bits per heavy atom. The zero-order chi connectivity index (χ0) is 12.4. The molecule has 3 nitrogen and oxygen atoms in total. The Balaban J connectivity index is 1.76. The third kappa shape index (κ3) is 3.43. The zero-order valence-corrected chi connectivity index (χ0v) is 11.2. The number of ether oxygens (including phenoxy) is 2. The van der Waals surface area contributed by atoms with Gasteiger partial charge in [0.1, 0.15) is 0 Å². The van der Waals surface area contributed by atoms with Crippen LogP contribution in [-0.4, -0.2) is 29.7 Å². The first-order valence-corrected chi connectivity index (χ1v) is 7.04. The SMILES string of the molecule is CC(C)CCCC1(O)CCC2(CC1)OCCO2. The van der Waals surface area contributed by atoms with Crippen molar-refractivity contribution < 1.29 is 14.6 Å². The molecule has 0 atom stereocenters. The van der Waals surface area contributed by atoms with E-state index in [4.69, 9.17) is 9.47 Å². The monoisotopic (exact) mass is 242 g/mol. The lowest BCUT2D eigenvalue weighted by molar-refractivity contribution is -0.203. The second kappa shape index (κ2) is 5.25. The molecular formula is C14H26O3. The van der Waals surface area contributed by atoms with Crippen LogP contribution in [0.25, 0.3) is 0 Å². The summed E-state index contributed by atoms with van der Waals surface area (Å²) in [6, 6.07) is 0. The van der Waals surface area contributed by atoms with Gasteiger partial charge in [-0.2, -0.15) is 0 Å². The third-order valence-electron chi connectivity index (χ3n) is 4.18. The largest absolute Gasteiger partial charge is 0.390 e. The topological polar surface area (TPSA) is 38.7 Å². The van der Waals surface area contributed by atoms with E-state index in [0.717, 1.165) is 44.4 Å². The summed E-state index contributed by atoms with van der Waals surface area (Å²) in [4.78, 5) is 0. The normalized spacial score (nSPS) is 26.8. The Bertz CT molecular complexity index is 234. The molecule has 1 aliphatic heterocycles.